The Labute approximate surface area is 119 Å². The van der Waals surface area contributed by atoms with Crippen molar-refractivity contribution < 1.29 is 0 Å². The smallest absolute Gasteiger partial charge is 0.00825 e. The van der Waals surface area contributed by atoms with Gasteiger partial charge < -0.3 is 0 Å². The van der Waals surface area contributed by atoms with Gasteiger partial charge in [-0.25, -0.2) is 0 Å². The van der Waals surface area contributed by atoms with Gasteiger partial charge in [0.25, 0.3) is 0 Å². The molecule has 0 aliphatic heterocycles. The maximum atomic E-state index is 4.69. The second kappa shape index (κ2) is 10.1. The lowest BCUT2D eigenvalue weighted by Crippen LogP contribution is -2.15. The van der Waals surface area contributed by atoms with Crippen molar-refractivity contribution in [2.24, 2.45) is 17.8 Å². The zero-order valence-electron chi connectivity index (χ0n) is 11.5. The number of rotatable bonds is 9. The van der Waals surface area contributed by atoms with E-state index in [0.717, 1.165) is 18.1 Å². The van der Waals surface area contributed by atoms with Crippen LogP contribution in [0.15, 0.2) is 24.8 Å². The summed E-state index contributed by atoms with van der Waals surface area (Å²) in [5, 5.41) is 0.465. The molecule has 0 saturated carbocycles. The molecule has 0 aliphatic rings. The predicted octanol–water partition coefficient (Wildman–Crippen LogP) is 5.04. The summed E-state index contributed by atoms with van der Waals surface area (Å²) >= 11 is 8.85. The average Bonchev–Trinajstić information content (AvgIpc) is 2.28. The van der Waals surface area contributed by atoms with Gasteiger partial charge in [0.1, 0.15) is 0 Å². The van der Waals surface area contributed by atoms with Gasteiger partial charge in [-0.3, -0.25) is 0 Å². The third-order valence-electron chi connectivity index (χ3n) is 3.26. The van der Waals surface area contributed by atoms with E-state index in [1.54, 1.807) is 0 Å². The Balaban J connectivity index is 3.93. The highest BCUT2D eigenvalue weighted by molar-refractivity contribution is 7.81. The number of thiol groups is 2. The normalized spacial score (nSPS) is 18.9. The molecule has 17 heavy (non-hydrogen) atoms. The SMILES string of the molecule is C=CC(C)CC(C)CC(C)C(S)CC=CCS. The zero-order chi connectivity index (χ0) is 13.3. The number of hydrogen-bond donors (Lipinski definition) is 2. The lowest BCUT2D eigenvalue weighted by molar-refractivity contribution is 0.362. The Morgan fingerprint density at radius 2 is 1.76 bits per heavy atom. The second-order valence-corrected chi connectivity index (χ2v) is 6.25. The van der Waals surface area contributed by atoms with Gasteiger partial charge in [0, 0.05) is 11.0 Å². The van der Waals surface area contributed by atoms with E-state index >= 15 is 0 Å². The third kappa shape index (κ3) is 8.84. The van der Waals surface area contributed by atoms with Crippen molar-refractivity contribution in [1.82, 2.24) is 0 Å². The molecule has 4 atom stereocenters. The van der Waals surface area contributed by atoms with Gasteiger partial charge in [-0.05, 0) is 37.0 Å². The van der Waals surface area contributed by atoms with Gasteiger partial charge in [-0.15, -0.1) is 6.58 Å². The van der Waals surface area contributed by atoms with Crippen molar-refractivity contribution in [2.45, 2.75) is 45.3 Å². The molecule has 0 fully saturated rings. The monoisotopic (exact) mass is 272 g/mol. The van der Waals surface area contributed by atoms with Crippen LogP contribution in [0.3, 0.4) is 0 Å². The molecule has 0 saturated heterocycles. The fourth-order valence-corrected chi connectivity index (χ4v) is 2.55. The first kappa shape index (κ1) is 17.2. The average molecular weight is 273 g/mol. The molecule has 0 bridgehead atoms. The molecule has 2 heteroatoms. The molecule has 4 unspecified atom stereocenters. The fourth-order valence-electron chi connectivity index (χ4n) is 2.16. The molecular formula is C15H28S2. The van der Waals surface area contributed by atoms with E-state index in [4.69, 9.17) is 0 Å². The Hall–Kier alpha value is 0.180. The summed E-state index contributed by atoms with van der Waals surface area (Å²) in [5.41, 5.74) is 0. The topological polar surface area (TPSA) is 0 Å². The van der Waals surface area contributed by atoms with Crippen LogP contribution in [0.4, 0.5) is 0 Å². The van der Waals surface area contributed by atoms with Crippen LogP contribution in [0.2, 0.25) is 0 Å². The van der Waals surface area contributed by atoms with Crippen LogP contribution >= 0.6 is 25.3 Å². The third-order valence-corrected chi connectivity index (χ3v) is 4.19. The lowest BCUT2D eigenvalue weighted by atomic mass is 9.87. The Bertz CT molecular complexity index is 223. The summed E-state index contributed by atoms with van der Waals surface area (Å²) < 4.78 is 0. The summed E-state index contributed by atoms with van der Waals surface area (Å²) in [6.45, 7) is 10.7. The first-order valence-electron chi connectivity index (χ1n) is 6.57. The summed E-state index contributed by atoms with van der Waals surface area (Å²) in [6.07, 6.45) is 9.88. The largest absolute Gasteiger partial charge is 0.175 e. The molecule has 0 amide bonds. The molecule has 0 radical (unpaired) electrons. The van der Waals surface area contributed by atoms with Gasteiger partial charge in [-0.1, -0.05) is 39.0 Å². The summed E-state index contributed by atoms with van der Waals surface area (Å²) in [6, 6.07) is 0. The van der Waals surface area contributed by atoms with Crippen LogP contribution < -0.4 is 0 Å². The summed E-state index contributed by atoms with van der Waals surface area (Å²) in [7, 11) is 0. The van der Waals surface area contributed by atoms with Gasteiger partial charge in [-0.2, -0.15) is 25.3 Å². The van der Waals surface area contributed by atoms with Gasteiger partial charge in [0.2, 0.25) is 0 Å². The van der Waals surface area contributed by atoms with Gasteiger partial charge in [0.05, 0.1) is 0 Å². The molecule has 0 rings (SSSR count). The highest BCUT2D eigenvalue weighted by atomic mass is 32.1. The van der Waals surface area contributed by atoms with Crippen molar-refractivity contribution in [3.8, 4) is 0 Å². The Morgan fingerprint density at radius 3 is 2.29 bits per heavy atom. The van der Waals surface area contributed by atoms with Crippen molar-refractivity contribution in [3.63, 3.8) is 0 Å². The van der Waals surface area contributed by atoms with Crippen molar-refractivity contribution in [3.05, 3.63) is 24.8 Å². The molecule has 0 aromatic rings. The van der Waals surface area contributed by atoms with Crippen molar-refractivity contribution >= 4 is 25.3 Å². The van der Waals surface area contributed by atoms with E-state index in [2.05, 4.69) is 70.8 Å². The van der Waals surface area contributed by atoms with Crippen LogP contribution in [-0.2, 0) is 0 Å². The zero-order valence-corrected chi connectivity index (χ0v) is 13.3. The van der Waals surface area contributed by atoms with E-state index in [9.17, 15) is 0 Å². The highest BCUT2D eigenvalue weighted by Gasteiger charge is 2.16. The van der Waals surface area contributed by atoms with Crippen LogP contribution in [0.5, 0.6) is 0 Å². The van der Waals surface area contributed by atoms with Crippen LogP contribution in [-0.4, -0.2) is 11.0 Å². The van der Waals surface area contributed by atoms with Crippen LogP contribution in [0, 0.1) is 17.8 Å². The van der Waals surface area contributed by atoms with E-state index in [0.29, 0.717) is 17.1 Å². The number of hydrogen-bond acceptors (Lipinski definition) is 2. The van der Waals surface area contributed by atoms with E-state index < -0.39 is 0 Å². The fraction of sp³-hybridized carbons (Fsp3) is 0.733. The van der Waals surface area contributed by atoms with Gasteiger partial charge in [0.15, 0.2) is 0 Å². The van der Waals surface area contributed by atoms with Crippen LogP contribution in [0.1, 0.15) is 40.0 Å². The van der Waals surface area contributed by atoms with Crippen LogP contribution in [0.25, 0.3) is 0 Å². The quantitative estimate of drug-likeness (QED) is 0.426. The highest BCUT2D eigenvalue weighted by Crippen LogP contribution is 2.25. The van der Waals surface area contributed by atoms with E-state index in [1.807, 2.05) is 0 Å². The predicted molar refractivity (Wildman–Crippen MR) is 87.3 cm³/mol. The standard InChI is InChI=1S/C15H28S2/c1-5-12(2)10-13(3)11-14(4)15(17)8-6-7-9-16/h5-7,12-17H,1,8-11H2,2-4H3. The van der Waals surface area contributed by atoms with E-state index in [1.165, 1.54) is 12.8 Å². The molecule has 0 aliphatic carbocycles. The van der Waals surface area contributed by atoms with Gasteiger partial charge >= 0.3 is 0 Å². The lowest BCUT2D eigenvalue weighted by Gasteiger charge is -2.23. The Morgan fingerprint density at radius 1 is 1.12 bits per heavy atom. The van der Waals surface area contributed by atoms with Crippen molar-refractivity contribution in [2.75, 3.05) is 5.75 Å². The van der Waals surface area contributed by atoms with E-state index in [-0.39, 0.29) is 0 Å². The second-order valence-electron chi connectivity index (χ2n) is 5.22. The summed E-state index contributed by atoms with van der Waals surface area (Å²) in [5.74, 6) is 2.86. The molecule has 0 heterocycles. The maximum absolute atomic E-state index is 4.69. The number of allylic oxidation sites excluding steroid dienone is 2. The molecule has 0 aromatic carbocycles. The molecule has 0 aromatic heterocycles. The molecular weight excluding hydrogens is 244 g/mol. The first-order valence-corrected chi connectivity index (χ1v) is 7.72. The molecule has 0 nitrogen and oxygen atoms in total. The molecule has 100 valence electrons. The Kier molecular flexibility index (Phi) is 10.2. The first-order chi connectivity index (χ1) is 8.01. The maximum Gasteiger partial charge on any atom is 0.00825 e. The minimum atomic E-state index is 0.465. The molecule has 0 N–H and O–H groups in total. The van der Waals surface area contributed by atoms with Crippen molar-refractivity contribution in [1.29, 1.82) is 0 Å². The summed E-state index contributed by atoms with van der Waals surface area (Å²) in [4.78, 5) is 0. The minimum absolute atomic E-state index is 0.465. The minimum Gasteiger partial charge on any atom is -0.175 e. The molecule has 0 spiro atoms.